The quantitative estimate of drug-likeness (QED) is 0.940. The Morgan fingerprint density at radius 2 is 2.04 bits per heavy atom. The molecule has 3 heterocycles. The Kier molecular flexibility index (Phi) is 4.67. The first kappa shape index (κ1) is 15.6. The van der Waals surface area contributed by atoms with Gasteiger partial charge in [0, 0.05) is 18.4 Å². The van der Waals surface area contributed by atoms with Crippen LogP contribution in [0.4, 0.5) is 0 Å². The molecule has 0 aliphatic carbocycles. The van der Waals surface area contributed by atoms with Crippen molar-refractivity contribution in [3.8, 4) is 0 Å². The molecule has 1 aliphatic heterocycles. The van der Waals surface area contributed by atoms with E-state index >= 15 is 0 Å². The van der Waals surface area contributed by atoms with Crippen molar-refractivity contribution in [3.63, 3.8) is 0 Å². The Labute approximate surface area is 136 Å². The third-order valence-electron chi connectivity index (χ3n) is 4.32. The van der Waals surface area contributed by atoms with Gasteiger partial charge in [0.05, 0.1) is 17.4 Å². The van der Waals surface area contributed by atoms with Crippen LogP contribution in [0.5, 0.6) is 0 Å². The number of likely N-dealkylation sites (tertiary alicyclic amines) is 1. The molecule has 2 aromatic rings. The molecule has 1 N–H and O–H groups in total. The number of nitrogens with zero attached hydrogens (tertiary/aromatic N) is 3. The van der Waals surface area contributed by atoms with Crippen molar-refractivity contribution in [1.29, 1.82) is 0 Å². The Morgan fingerprint density at radius 1 is 1.22 bits per heavy atom. The number of carbonyl (C=O) groups is 1. The van der Waals surface area contributed by atoms with Crippen LogP contribution in [0.2, 0.25) is 0 Å². The van der Waals surface area contributed by atoms with E-state index in [9.17, 15) is 9.90 Å². The second-order valence-electron chi connectivity index (χ2n) is 5.95. The molecule has 0 bridgehead atoms. The zero-order valence-electron chi connectivity index (χ0n) is 13.2. The molecule has 5 nitrogen and oxygen atoms in total. The maximum Gasteiger partial charge on any atom is 0.320 e. The van der Waals surface area contributed by atoms with Crippen LogP contribution in [0.1, 0.15) is 42.4 Å². The van der Waals surface area contributed by atoms with Crippen LogP contribution < -0.4 is 0 Å². The minimum Gasteiger partial charge on any atom is -0.480 e. The summed E-state index contributed by atoms with van der Waals surface area (Å²) in [4.78, 5) is 22.9. The Morgan fingerprint density at radius 3 is 2.74 bits per heavy atom. The van der Waals surface area contributed by atoms with Gasteiger partial charge in [0.25, 0.3) is 0 Å². The zero-order chi connectivity index (χ0) is 16.2. The lowest BCUT2D eigenvalue weighted by Crippen LogP contribution is -2.47. The molecular formula is C18H21N3O2. The molecule has 1 fully saturated rings. The molecule has 1 saturated heterocycles. The summed E-state index contributed by atoms with van der Waals surface area (Å²) in [7, 11) is 0. The average molecular weight is 311 g/mol. The van der Waals surface area contributed by atoms with Gasteiger partial charge in [-0.15, -0.1) is 0 Å². The first-order valence-corrected chi connectivity index (χ1v) is 8.00. The summed E-state index contributed by atoms with van der Waals surface area (Å²) in [5.41, 5.74) is 2.63. The topological polar surface area (TPSA) is 66.3 Å². The largest absolute Gasteiger partial charge is 0.480 e. The van der Waals surface area contributed by atoms with E-state index in [4.69, 9.17) is 0 Å². The molecule has 3 rings (SSSR count). The highest BCUT2D eigenvalue weighted by molar-refractivity contribution is 5.73. The molecule has 0 amide bonds. The number of piperidine rings is 1. The van der Waals surface area contributed by atoms with Crippen LogP contribution in [0.25, 0.3) is 0 Å². The van der Waals surface area contributed by atoms with Crippen LogP contribution in [0, 0.1) is 6.92 Å². The second kappa shape index (κ2) is 6.87. The number of carboxylic acids is 1. The zero-order valence-corrected chi connectivity index (χ0v) is 13.2. The summed E-state index contributed by atoms with van der Waals surface area (Å²) in [6.07, 6.45) is 4.37. The van der Waals surface area contributed by atoms with Crippen molar-refractivity contribution in [3.05, 3.63) is 59.7 Å². The standard InChI is InChI=1S/C18H21N3O2/c1-13-7-6-9-15(20-13)17(14-8-2-4-11-19-14)21-12-5-3-10-16(21)18(22)23/h2,4,6-9,11,16-17H,3,5,10,12H2,1H3,(H,22,23). The highest BCUT2D eigenvalue weighted by atomic mass is 16.4. The van der Waals surface area contributed by atoms with Gasteiger partial charge in [0.1, 0.15) is 6.04 Å². The maximum atomic E-state index is 11.7. The van der Waals surface area contributed by atoms with E-state index in [0.29, 0.717) is 6.42 Å². The molecule has 1 aliphatic rings. The number of aromatic nitrogens is 2. The monoisotopic (exact) mass is 311 g/mol. The molecule has 2 unspecified atom stereocenters. The first-order valence-electron chi connectivity index (χ1n) is 8.00. The summed E-state index contributed by atoms with van der Waals surface area (Å²) in [5, 5.41) is 9.62. The lowest BCUT2D eigenvalue weighted by molar-refractivity contribution is -0.145. The Balaban J connectivity index is 2.06. The SMILES string of the molecule is Cc1cccc(C(c2ccccn2)N2CCCCC2C(=O)O)n1. The van der Waals surface area contributed by atoms with Crippen molar-refractivity contribution in [2.45, 2.75) is 38.3 Å². The van der Waals surface area contributed by atoms with Crippen molar-refractivity contribution >= 4 is 5.97 Å². The molecule has 5 heteroatoms. The Bertz CT molecular complexity index is 675. The molecule has 0 aromatic carbocycles. The fourth-order valence-corrected chi connectivity index (χ4v) is 3.27. The van der Waals surface area contributed by atoms with Crippen LogP contribution >= 0.6 is 0 Å². The van der Waals surface area contributed by atoms with E-state index in [0.717, 1.165) is 36.5 Å². The van der Waals surface area contributed by atoms with Crippen LogP contribution in [0.15, 0.2) is 42.6 Å². The number of carboxylic acid groups (broad SMARTS) is 1. The number of rotatable bonds is 4. The van der Waals surface area contributed by atoms with Crippen molar-refractivity contribution in [2.24, 2.45) is 0 Å². The highest BCUT2D eigenvalue weighted by Crippen LogP contribution is 2.32. The number of aryl methyl sites for hydroxylation is 1. The smallest absolute Gasteiger partial charge is 0.320 e. The summed E-state index contributed by atoms with van der Waals surface area (Å²) in [6, 6.07) is 10.9. The van der Waals surface area contributed by atoms with Crippen molar-refractivity contribution in [1.82, 2.24) is 14.9 Å². The molecule has 2 aromatic heterocycles. The number of hydrogen-bond donors (Lipinski definition) is 1. The maximum absolute atomic E-state index is 11.7. The third kappa shape index (κ3) is 3.40. The number of hydrogen-bond acceptors (Lipinski definition) is 4. The Hall–Kier alpha value is -2.27. The van der Waals surface area contributed by atoms with Gasteiger partial charge in [-0.05, 0) is 44.0 Å². The molecule has 2 atom stereocenters. The van der Waals surface area contributed by atoms with Crippen molar-refractivity contribution in [2.75, 3.05) is 6.54 Å². The number of pyridine rings is 2. The molecule has 23 heavy (non-hydrogen) atoms. The van der Waals surface area contributed by atoms with E-state index < -0.39 is 12.0 Å². The summed E-state index contributed by atoms with van der Waals surface area (Å²) in [6.45, 7) is 2.69. The van der Waals surface area contributed by atoms with E-state index in [1.165, 1.54) is 0 Å². The van der Waals surface area contributed by atoms with Gasteiger partial charge in [-0.2, -0.15) is 0 Å². The predicted molar refractivity (Wildman–Crippen MR) is 87.0 cm³/mol. The van der Waals surface area contributed by atoms with Crippen LogP contribution in [0.3, 0.4) is 0 Å². The van der Waals surface area contributed by atoms with Crippen LogP contribution in [-0.4, -0.2) is 38.5 Å². The van der Waals surface area contributed by atoms with Gasteiger partial charge >= 0.3 is 5.97 Å². The van der Waals surface area contributed by atoms with Gasteiger partial charge in [0.15, 0.2) is 0 Å². The lowest BCUT2D eigenvalue weighted by Gasteiger charge is -2.38. The van der Waals surface area contributed by atoms with Crippen molar-refractivity contribution < 1.29 is 9.90 Å². The number of aliphatic carboxylic acids is 1. The molecular weight excluding hydrogens is 290 g/mol. The third-order valence-corrected chi connectivity index (χ3v) is 4.32. The summed E-state index contributed by atoms with van der Waals surface area (Å²) >= 11 is 0. The summed E-state index contributed by atoms with van der Waals surface area (Å²) < 4.78 is 0. The minimum absolute atomic E-state index is 0.225. The molecule has 0 saturated carbocycles. The molecule has 120 valence electrons. The molecule has 0 radical (unpaired) electrons. The molecule has 0 spiro atoms. The lowest BCUT2D eigenvalue weighted by atomic mass is 9.96. The van der Waals surface area contributed by atoms with Gasteiger partial charge in [0.2, 0.25) is 0 Å². The average Bonchev–Trinajstić information content (AvgIpc) is 2.56. The normalized spacial score (nSPS) is 20.1. The van der Waals surface area contributed by atoms with Gasteiger partial charge in [-0.1, -0.05) is 18.6 Å². The summed E-state index contributed by atoms with van der Waals surface area (Å²) in [5.74, 6) is -0.765. The van der Waals surface area contributed by atoms with Gasteiger partial charge < -0.3 is 5.11 Å². The second-order valence-corrected chi connectivity index (χ2v) is 5.95. The van der Waals surface area contributed by atoms with Gasteiger partial charge in [-0.25, -0.2) is 0 Å². The van der Waals surface area contributed by atoms with Crippen LogP contribution in [-0.2, 0) is 4.79 Å². The minimum atomic E-state index is -0.765. The predicted octanol–water partition coefficient (Wildman–Crippen LogP) is 2.81. The fraction of sp³-hybridized carbons (Fsp3) is 0.389. The van der Waals surface area contributed by atoms with E-state index in [1.807, 2.05) is 48.2 Å². The van der Waals surface area contributed by atoms with E-state index in [-0.39, 0.29) is 6.04 Å². The van der Waals surface area contributed by atoms with E-state index in [2.05, 4.69) is 9.97 Å². The first-order chi connectivity index (χ1) is 11.2. The highest BCUT2D eigenvalue weighted by Gasteiger charge is 2.36. The van der Waals surface area contributed by atoms with Gasteiger partial charge in [-0.3, -0.25) is 19.7 Å². The fourth-order valence-electron chi connectivity index (χ4n) is 3.27. The van der Waals surface area contributed by atoms with E-state index in [1.54, 1.807) is 6.20 Å².